The molecule has 0 fully saturated rings. The van der Waals surface area contributed by atoms with Crippen molar-refractivity contribution in [3.8, 4) is 5.95 Å². The molecule has 0 aliphatic rings. The van der Waals surface area contributed by atoms with Gasteiger partial charge < -0.3 is 10.6 Å². The average Bonchev–Trinajstić information content (AvgIpc) is 3.10. The van der Waals surface area contributed by atoms with E-state index in [2.05, 4.69) is 30.8 Å². The molecule has 1 unspecified atom stereocenters. The number of aromatic amines is 1. The van der Waals surface area contributed by atoms with E-state index in [1.807, 2.05) is 6.92 Å². The Morgan fingerprint density at radius 2 is 2.09 bits per heavy atom. The van der Waals surface area contributed by atoms with E-state index >= 15 is 0 Å². The summed E-state index contributed by atoms with van der Waals surface area (Å²) in [6.45, 7) is 3.69. The van der Waals surface area contributed by atoms with Crippen LogP contribution in [0.4, 0.5) is 13.2 Å². The van der Waals surface area contributed by atoms with Crippen molar-refractivity contribution in [2.75, 3.05) is 13.6 Å². The molecule has 2 aromatic heterocycles. The summed E-state index contributed by atoms with van der Waals surface area (Å²) in [7, 11) is 1.75. The zero-order valence-corrected chi connectivity index (χ0v) is 12.6. The van der Waals surface area contributed by atoms with E-state index in [1.54, 1.807) is 12.1 Å². The maximum atomic E-state index is 12.5. The number of aryl methyl sites for hydroxylation is 1. The van der Waals surface area contributed by atoms with E-state index in [-0.39, 0.29) is 23.6 Å². The summed E-state index contributed by atoms with van der Waals surface area (Å²) >= 11 is 0. The standard InChI is InChI=1S/C11H15F3N8O/c1-5(15-3)4-16-8(23)7-17-6(2)22(21-7)10-18-9(19-20-10)11(12,13)14/h5,15H,4H2,1-3H3,(H,16,23)(H,18,19,20). The van der Waals surface area contributed by atoms with Crippen LogP contribution in [0, 0.1) is 6.92 Å². The van der Waals surface area contributed by atoms with Crippen molar-refractivity contribution in [2.45, 2.75) is 26.1 Å². The number of carbonyl (C=O) groups excluding carboxylic acids is 1. The van der Waals surface area contributed by atoms with Gasteiger partial charge in [0, 0.05) is 12.6 Å². The lowest BCUT2D eigenvalue weighted by molar-refractivity contribution is -0.144. The summed E-state index contributed by atoms with van der Waals surface area (Å²) in [5.41, 5.74) is 0. The minimum absolute atomic E-state index is 0.0458. The number of hydrogen-bond acceptors (Lipinski definition) is 6. The van der Waals surface area contributed by atoms with Crippen LogP contribution in [0.1, 0.15) is 29.2 Å². The summed E-state index contributed by atoms with van der Waals surface area (Å²) in [6, 6.07) is 0.0458. The maximum Gasteiger partial charge on any atom is 0.451 e. The van der Waals surface area contributed by atoms with Gasteiger partial charge in [-0.3, -0.25) is 9.89 Å². The lowest BCUT2D eigenvalue weighted by atomic mass is 10.3. The summed E-state index contributed by atoms with van der Waals surface area (Å²) in [5, 5.41) is 14.6. The maximum absolute atomic E-state index is 12.5. The first kappa shape index (κ1) is 16.9. The number of amides is 1. The number of hydrogen-bond donors (Lipinski definition) is 3. The molecule has 0 bridgehead atoms. The van der Waals surface area contributed by atoms with Crippen LogP contribution in [0.5, 0.6) is 0 Å². The molecule has 2 rings (SSSR count). The van der Waals surface area contributed by atoms with Crippen molar-refractivity contribution in [2.24, 2.45) is 0 Å². The topological polar surface area (TPSA) is 113 Å². The van der Waals surface area contributed by atoms with Gasteiger partial charge in [-0.2, -0.15) is 22.8 Å². The van der Waals surface area contributed by atoms with Crippen molar-refractivity contribution in [1.82, 2.24) is 40.6 Å². The molecule has 23 heavy (non-hydrogen) atoms. The van der Waals surface area contributed by atoms with E-state index in [1.165, 1.54) is 6.92 Å². The van der Waals surface area contributed by atoms with Gasteiger partial charge in [0.25, 0.3) is 11.9 Å². The molecule has 126 valence electrons. The molecule has 1 amide bonds. The molecule has 0 radical (unpaired) electrons. The first-order valence-electron chi connectivity index (χ1n) is 6.61. The lowest BCUT2D eigenvalue weighted by Crippen LogP contribution is -2.37. The van der Waals surface area contributed by atoms with Crippen LogP contribution in [0.2, 0.25) is 0 Å². The van der Waals surface area contributed by atoms with Crippen molar-refractivity contribution < 1.29 is 18.0 Å². The Labute approximate surface area is 128 Å². The van der Waals surface area contributed by atoms with Gasteiger partial charge in [-0.1, -0.05) is 0 Å². The third-order valence-electron chi connectivity index (χ3n) is 2.97. The zero-order chi connectivity index (χ0) is 17.2. The molecule has 2 aromatic rings. The Morgan fingerprint density at radius 1 is 1.39 bits per heavy atom. The number of rotatable bonds is 5. The predicted octanol–water partition coefficient (Wildman–Crippen LogP) is 0.0503. The number of nitrogens with one attached hydrogen (secondary N) is 3. The number of aromatic nitrogens is 6. The first-order chi connectivity index (χ1) is 10.7. The molecule has 3 N–H and O–H groups in total. The Hall–Kier alpha value is -2.50. The molecular formula is C11H15F3N8O. The highest BCUT2D eigenvalue weighted by molar-refractivity contribution is 5.90. The predicted molar refractivity (Wildman–Crippen MR) is 71.9 cm³/mol. The number of likely N-dealkylation sites (N-methyl/N-ethyl adjacent to an activating group) is 1. The van der Waals surface area contributed by atoms with Crippen molar-refractivity contribution in [3.05, 3.63) is 17.5 Å². The minimum Gasteiger partial charge on any atom is -0.348 e. The third kappa shape index (κ3) is 3.83. The highest BCUT2D eigenvalue weighted by Crippen LogP contribution is 2.26. The van der Waals surface area contributed by atoms with Crippen LogP contribution >= 0.6 is 0 Å². The summed E-state index contributed by atoms with van der Waals surface area (Å²) in [5.74, 6) is -2.13. The fraction of sp³-hybridized carbons (Fsp3) is 0.545. The van der Waals surface area contributed by atoms with Gasteiger partial charge in [0.05, 0.1) is 0 Å². The van der Waals surface area contributed by atoms with Crippen molar-refractivity contribution >= 4 is 5.91 Å². The number of carbonyl (C=O) groups is 1. The normalized spacial score (nSPS) is 13.1. The Balaban J connectivity index is 2.18. The molecule has 0 aromatic carbocycles. The van der Waals surface area contributed by atoms with E-state index in [0.717, 1.165) is 4.68 Å². The molecule has 0 aliphatic heterocycles. The zero-order valence-electron chi connectivity index (χ0n) is 12.6. The molecule has 0 aliphatic carbocycles. The van der Waals surface area contributed by atoms with E-state index in [9.17, 15) is 18.0 Å². The number of H-pyrrole nitrogens is 1. The molecule has 0 saturated carbocycles. The summed E-state index contributed by atoms with van der Waals surface area (Å²) < 4.78 is 38.5. The van der Waals surface area contributed by atoms with Crippen LogP contribution in [-0.2, 0) is 6.18 Å². The number of nitrogens with zero attached hydrogens (tertiary/aromatic N) is 5. The smallest absolute Gasteiger partial charge is 0.348 e. The van der Waals surface area contributed by atoms with Gasteiger partial charge in [0.15, 0.2) is 0 Å². The van der Waals surface area contributed by atoms with Gasteiger partial charge >= 0.3 is 6.18 Å². The molecule has 0 saturated heterocycles. The molecule has 1 atom stereocenters. The monoisotopic (exact) mass is 332 g/mol. The van der Waals surface area contributed by atoms with Crippen LogP contribution < -0.4 is 10.6 Å². The van der Waals surface area contributed by atoms with E-state index in [0.29, 0.717) is 6.54 Å². The van der Waals surface area contributed by atoms with Crippen LogP contribution in [-0.4, -0.2) is 55.5 Å². The van der Waals surface area contributed by atoms with Gasteiger partial charge in [-0.25, -0.2) is 4.98 Å². The lowest BCUT2D eigenvalue weighted by Gasteiger charge is -2.09. The largest absolute Gasteiger partial charge is 0.451 e. The fourth-order valence-corrected chi connectivity index (χ4v) is 1.58. The molecule has 9 nitrogen and oxygen atoms in total. The van der Waals surface area contributed by atoms with Crippen LogP contribution in [0.25, 0.3) is 5.95 Å². The van der Waals surface area contributed by atoms with Crippen molar-refractivity contribution in [1.29, 1.82) is 0 Å². The van der Waals surface area contributed by atoms with E-state index in [4.69, 9.17) is 0 Å². The minimum atomic E-state index is -4.65. The Bertz CT molecular complexity index is 692. The fourth-order valence-electron chi connectivity index (χ4n) is 1.58. The highest BCUT2D eigenvalue weighted by atomic mass is 19.4. The molecule has 12 heteroatoms. The first-order valence-corrected chi connectivity index (χ1v) is 6.61. The average molecular weight is 332 g/mol. The van der Waals surface area contributed by atoms with Crippen LogP contribution in [0.15, 0.2) is 0 Å². The quantitative estimate of drug-likeness (QED) is 0.713. The van der Waals surface area contributed by atoms with Gasteiger partial charge in [0.1, 0.15) is 5.82 Å². The van der Waals surface area contributed by atoms with Gasteiger partial charge in [-0.15, -0.1) is 10.2 Å². The molecule has 0 spiro atoms. The van der Waals surface area contributed by atoms with Crippen LogP contribution in [0.3, 0.4) is 0 Å². The highest BCUT2D eigenvalue weighted by Gasteiger charge is 2.35. The molecule has 2 heterocycles. The third-order valence-corrected chi connectivity index (χ3v) is 2.97. The summed E-state index contributed by atoms with van der Waals surface area (Å²) in [6.07, 6.45) is -4.65. The van der Waals surface area contributed by atoms with Crippen molar-refractivity contribution in [3.63, 3.8) is 0 Å². The Morgan fingerprint density at radius 3 is 2.65 bits per heavy atom. The SMILES string of the molecule is CNC(C)CNC(=O)c1nc(C)n(-c2n[nH]c(C(F)(F)F)n2)n1. The van der Waals surface area contributed by atoms with Gasteiger partial charge in [-0.05, 0) is 20.9 Å². The summed E-state index contributed by atoms with van der Waals surface area (Å²) in [4.78, 5) is 19.1. The second-order valence-corrected chi connectivity index (χ2v) is 4.78. The van der Waals surface area contributed by atoms with E-state index < -0.39 is 17.9 Å². The number of halogens is 3. The second-order valence-electron chi connectivity index (χ2n) is 4.78. The van der Waals surface area contributed by atoms with Gasteiger partial charge in [0.2, 0.25) is 11.6 Å². The Kier molecular flexibility index (Phi) is 4.63. The molecular weight excluding hydrogens is 317 g/mol. The second kappa shape index (κ2) is 6.32. The number of alkyl halides is 3.